The molecule has 0 saturated carbocycles. The van der Waals surface area contributed by atoms with Crippen LogP contribution in [0.2, 0.25) is 0 Å². The summed E-state index contributed by atoms with van der Waals surface area (Å²) in [5.74, 6) is 2.85. The van der Waals surface area contributed by atoms with Crippen LogP contribution < -0.4 is 20.3 Å². The van der Waals surface area contributed by atoms with Gasteiger partial charge in [-0.2, -0.15) is 0 Å². The quantitative estimate of drug-likeness (QED) is 0.530. The molecule has 0 fully saturated rings. The molecule has 7 heteroatoms. The second-order valence-corrected chi connectivity index (χ2v) is 6.69. The van der Waals surface area contributed by atoms with Gasteiger partial charge in [0.25, 0.3) is 5.56 Å². The Morgan fingerprint density at radius 3 is 2.50 bits per heavy atom. The standard InChI is InChI=1S/C23H28N4O3/c1-4-18-14-22(28)27-23(26-18)17-8-10-21(25-15-17)24-12-11-16-7-9-19(29-5-2)20(13-16)30-6-3/h7-10,13-15H,4-6,11-12H2,1-3H3,(H,24,25)(H,26,27,28). The largest absolute Gasteiger partial charge is 0.490 e. The molecule has 0 aliphatic rings. The summed E-state index contributed by atoms with van der Waals surface area (Å²) < 4.78 is 11.3. The molecule has 2 aromatic heterocycles. The van der Waals surface area contributed by atoms with E-state index in [1.807, 2.05) is 45.0 Å². The first-order valence-corrected chi connectivity index (χ1v) is 10.3. The third-order valence-electron chi connectivity index (χ3n) is 4.52. The number of ether oxygens (including phenoxy) is 2. The predicted octanol–water partition coefficient (Wildman–Crippen LogP) is 3.85. The molecule has 2 N–H and O–H groups in total. The van der Waals surface area contributed by atoms with Crippen LogP contribution in [0.4, 0.5) is 5.82 Å². The number of anilines is 1. The highest BCUT2D eigenvalue weighted by molar-refractivity contribution is 5.56. The molecule has 0 atom stereocenters. The molecule has 2 heterocycles. The molecule has 158 valence electrons. The minimum absolute atomic E-state index is 0.152. The lowest BCUT2D eigenvalue weighted by atomic mass is 10.1. The zero-order valence-electron chi connectivity index (χ0n) is 17.7. The molecule has 0 saturated heterocycles. The van der Waals surface area contributed by atoms with Gasteiger partial charge in [-0.05, 0) is 56.5 Å². The van der Waals surface area contributed by atoms with E-state index in [0.29, 0.717) is 25.5 Å². The van der Waals surface area contributed by atoms with Gasteiger partial charge in [-0.25, -0.2) is 9.97 Å². The van der Waals surface area contributed by atoms with Crippen LogP contribution in [0.1, 0.15) is 32.0 Å². The van der Waals surface area contributed by atoms with Crippen molar-refractivity contribution in [1.29, 1.82) is 0 Å². The summed E-state index contributed by atoms with van der Waals surface area (Å²) >= 11 is 0. The van der Waals surface area contributed by atoms with E-state index in [1.165, 1.54) is 6.07 Å². The summed E-state index contributed by atoms with van der Waals surface area (Å²) in [6, 6.07) is 11.3. The number of aryl methyl sites for hydroxylation is 1. The summed E-state index contributed by atoms with van der Waals surface area (Å²) in [4.78, 5) is 23.4. The highest BCUT2D eigenvalue weighted by Crippen LogP contribution is 2.28. The van der Waals surface area contributed by atoms with Crippen molar-refractivity contribution in [3.05, 3.63) is 64.2 Å². The van der Waals surface area contributed by atoms with Gasteiger partial charge in [0.1, 0.15) is 11.6 Å². The summed E-state index contributed by atoms with van der Waals surface area (Å²) in [5.41, 5.74) is 2.54. The molecular formula is C23H28N4O3. The highest BCUT2D eigenvalue weighted by atomic mass is 16.5. The highest BCUT2D eigenvalue weighted by Gasteiger charge is 2.07. The number of benzene rings is 1. The van der Waals surface area contributed by atoms with E-state index < -0.39 is 0 Å². The molecule has 0 aliphatic carbocycles. The topological polar surface area (TPSA) is 89.1 Å². The average molecular weight is 409 g/mol. The van der Waals surface area contributed by atoms with Crippen LogP contribution in [0, 0.1) is 0 Å². The van der Waals surface area contributed by atoms with Crippen LogP contribution in [0.3, 0.4) is 0 Å². The van der Waals surface area contributed by atoms with Crippen molar-refractivity contribution in [2.24, 2.45) is 0 Å². The number of aromatic amines is 1. The molecule has 30 heavy (non-hydrogen) atoms. The summed E-state index contributed by atoms with van der Waals surface area (Å²) in [5, 5.41) is 3.32. The lowest BCUT2D eigenvalue weighted by Crippen LogP contribution is -2.10. The first kappa shape index (κ1) is 21.4. The van der Waals surface area contributed by atoms with Gasteiger partial charge in [0.15, 0.2) is 11.5 Å². The predicted molar refractivity (Wildman–Crippen MR) is 118 cm³/mol. The molecule has 3 aromatic rings. The Morgan fingerprint density at radius 1 is 1.00 bits per heavy atom. The number of nitrogens with zero attached hydrogens (tertiary/aromatic N) is 2. The maximum Gasteiger partial charge on any atom is 0.251 e. The fourth-order valence-corrected chi connectivity index (χ4v) is 3.05. The van der Waals surface area contributed by atoms with Crippen molar-refractivity contribution in [1.82, 2.24) is 15.0 Å². The molecule has 0 radical (unpaired) electrons. The first-order chi connectivity index (χ1) is 14.6. The normalized spacial score (nSPS) is 10.6. The monoisotopic (exact) mass is 408 g/mol. The molecule has 1 aromatic carbocycles. The molecule has 0 unspecified atom stereocenters. The minimum atomic E-state index is -0.152. The molecule has 0 aliphatic heterocycles. The van der Waals surface area contributed by atoms with Crippen molar-refractivity contribution < 1.29 is 9.47 Å². The van der Waals surface area contributed by atoms with Crippen LogP contribution >= 0.6 is 0 Å². The van der Waals surface area contributed by atoms with Crippen LogP contribution in [0.15, 0.2) is 47.4 Å². The van der Waals surface area contributed by atoms with Crippen molar-refractivity contribution in [2.75, 3.05) is 25.1 Å². The molecule has 0 spiro atoms. The van der Waals surface area contributed by atoms with E-state index in [-0.39, 0.29) is 5.56 Å². The van der Waals surface area contributed by atoms with Crippen LogP contribution in [-0.4, -0.2) is 34.7 Å². The number of H-pyrrole nitrogens is 1. The van der Waals surface area contributed by atoms with Gasteiger partial charge in [0.05, 0.1) is 13.2 Å². The van der Waals surface area contributed by atoms with Gasteiger partial charge in [-0.3, -0.25) is 4.79 Å². The van der Waals surface area contributed by atoms with E-state index in [1.54, 1.807) is 6.20 Å². The van der Waals surface area contributed by atoms with Crippen molar-refractivity contribution in [2.45, 2.75) is 33.6 Å². The van der Waals surface area contributed by atoms with E-state index in [2.05, 4.69) is 26.3 Å². The summed E-state index contributed by atoms with van der Waals surface area (Å²) in [7, 11) is 0. The fourth-order valence-electron chi connectivity index (χ4n) is 3.05. The maximum atomic E-state index is 11.8. The number of aromatic nitrogens is 3. The van der Waals surface area contributed by atoms with Gasteiger partial charge in [-0.15, -0.1) is 0 Å². The van der Waals surface area contributed by atoms with E-state index in [4.69, 9.17) is 9.47 Å². The Morgan fingerprint density at radius 2 is 1.80 bits per heavy atom. The molecule has 0 amide bonds. The smallest absolute Gasteiger partial charge is 0.251 e. The average Bonchev–Trinajstić information content (AvgIpc) is 2.76. The Hall–Kier alpha value is -3.35. The third kappa shape index (κ3) is 5.59. The van der Waals surface area contributed by atoms with Gasteiger partial charge in [0, 0.05) is 30.1 Å². The maximum absolute atomic E-state index is 11.8. The van der Waals surface area contributed by atoms with E-state index >= 15 is 0 Å². The zero-order chi connectivity index (χ0) is 21.3. The second-order valence-electron chi connectivity index (χ2n) is 6.69. The zero-order valence-corrected chi connectivity index (χ0v) is 17.7. The van der Waals surface area contributed by atoms with Gasteiger partial charge in [0.2, 0.25) is 0 Å². The van der Waals surface area contributed by atoms with Crippen molar-refractivity contribution in [3.63, 3.8) is 0 Å². The van der Waals surface area contributed by atoms with Crippen molar-refractivity contribution >= 4 is 5.82 Å². The van der Waals surface area contributed by atoms with Gasteiger partial charge >= 0.3 is 0 Å². The Bertz CT molecular complexity index is 1020. The molecule has 0 bridgehead atoms. The van der Waals surface area contributed by atoms with E-state index in [9.17, 15) is 4.79 Å². The van der Waals surface area contributed by atoms with E-state index in [0.717, 1.165) is 47.1 Å². The number of nitrogens with one attached hydrogen (secondary N) is 2. The SMILES string of the molecule is CCOc1ccc(CCNc2ccc(-c3nc(CC)cc(=O)[nH]3)cn2)cc1OCC. The first-order valence-electron chi connectivity index (χ1n) is 10.3. The summed E-state index contributed by atoms with van der Waals surface area (Å²) in [6.07, 6.45) is 3.24. The molecule has 7 nitrogen and oxygen atoms in total. The van der Waals surface area contributed by atoms with Crippen LogP contribution in [0.5, 0.6) is 11.5 Å². The number of hydrogen-bond donors (Lipinski definition) is 2. The molecular weight excluding hydrogens is 380 g/mol. The van der Waals surface area contributed by atoms with Crippen LogP contribution in [0.25, 0.3) is 11.4 Å². The minimum Gasteiger partial charge on any atom is -0.490 e. The fraction of sp³-hybridized carbons (Fsp3) is 0.348. The number of pyridine rings is 1. The number of rotatable bonds is 10. The Labute approximate surface area is 176 Å². The lowest BCUT2D eigenvalue weighted by Gasteiger charge is -2.13. The van der Waals surface area contributed by atoms with Crippen LogP contribution in [-0.2, 0) is 12.8 Å². The van der Waals surface area contributed by atoms with Gasteiger partial charge in [-0.1, -0.05) is 13.0 Å². The summed E-state index contributed by atoms with van der Waals surface area (Å²) in [6.45, 7) is 7.82. The molecule has 3 rings (SSSR count). The Balaban J connectivity index is 1.61. The second kappa shape index (κ2) is 10.4. The Kier molecular flexibility index (Phi) is 7.43. The van der Waals surface area contributed by atoms with Gasteiger partial charge < -0.3 is 19.8 Å². The third-order valence-corrected chi connectivity index (χ3v) is 4.52. The van der Waals surface area contributed by atoms with Crippen molar-refractivity contribution in [3.8, 4) is 22.9 Å². The lowest BCUT2D eigenvalue weighted by molar-refractivity contribution is 0.287. The number of hydrogen-bond acceptors (Lipinski definition) is 6.